The Hall–Kier alpha value is -1.14. The summed E-state index contributed by atoms with van der Waals surface area (Å²) in [7, 11) is 0. The standard InChI is InChI=1S/C23H44O6/c1-3-4-5-6-7-8-9-10-11-12-13-14-15-16-17-18-22(27)29-23(21(26)19-24)28-20(2)25/h21,23-24,26H,3-19H2,1-2H3. The summed E-state index contributed by atoms with van der Waals surface area (Å²) in [6, 6.07) is 0. The summed E-state index contributed by atoms with van der Waals surface area (Å²) in [5.41, 5.74) is 0. The van der Waals surface area contributed by atoms with Gasteiger partial charge in [-0.25, -0.2) is 0 Å². The van der Waals surface area contributed by atoms with Crippen LogP contribution in [0.3, 0.4) is 0 Å². The molecule has 6 heteroatoms. The molecule has 0 aromatic carbocycles. The molecule has 6 nitrogen and oxygen atoms in total. The van der Waals surface area contributed by atoms with E-state index in [4.69, 9.17) is 14.6 Å². The predicted octanol–water partition coefficient (Wildman–Crippen LogP) is 5.03. The summed E-state index contributed by atoms with van der Waals surface area (Å²) in [6.07, 6.45) is 16.1. The van der Waals surface area contributed by atoms with Gasteiger partial charge >= 0.3 is 11.9 Å². The van der Waals surface area contributed by atoms with Gasteiger partial charge < -0.3 is 19.7 Å². The third-order valence-electron chi connectivity index (χ3n) is 5.02. The van der Waals surface area contributed by atoms with Crippen molar-refractivity contribution in [1.82, 2.24) is 0 Å². The summed E-state index contributed by atoms with van der Waals surface area (Å²) in [6.45, 7) is 2.76. The lowest BCUT2D eigenvalue weighted by molar-refractivity contribution is -0.208. The van der Waals surface area contributed by atoms with Gasteiger partial charge in [-0.1, -0.05) is 96.8 Å². The fourth-order valence-electron chi connectivity index (χ4n) is 3.26. The second kappa shape index (κ2) is 20.1. The zero-order valence-electron chi connectivity index (χ0n) is 18.7. The van der Waals surface area contributed by atoms with Gasteiger partial charge in [-0.2, -0.15) is 0 Å². The van der Waals surface area contributed by atoms with Gasteiger partial charge in [0.1, 0.15) is 0 Å². The minimum atomic E-state index is -1.44. The zero-order chi connectivity index (χ0) is 21.7. The molecule has 2 unspecified atom stereocenters. The Bertz CT molecular complexity index is 399. The topological polar surface area (TPSA) is 93.1 Å². The Balaban J connectivity index is 3.49. The summed E-state index contributed by atoms with van der Waals surface area (Å²) in [4.78, 5) is 22.7. The first-order valence-electron chi connectivity index (χ1n) is 11.7. The molecule has 0 heterocycles. The Labute approximate surface area is 177 Å². The first kappa shape index (κ1) is 27.9. The molecule has 172 valence electrons. The van der Waals surface area contributed by atoms with E-state index in [0.29, 0.717) is 6.42 Å². The molecular weight excluding hydrogens is 372 g/mol. The molecule has 0 amide bonds. The van der Waals surface area contributed by atoms with Gasteiger partial charge in [-0.3, -0.25) is 9.59 Å². The molecule has 0 rings (SSSR count). The van der Waals surface area contributed by atoms with Crippen molar-refractivity contribution in [2.24, 2.45) is 0 Å². The molecule has 0 bridgehead atoms. The second-order valence-corrected chi connectivity index (χ2v) is 7.92. The number of carbonyl (C=O) groups excluding carboxylic acids is 2. The molecule has 2 N–H and O–H groups in total. The molecule has 0 aromatic heterocycles. The third kappa shape index (κ3) is 18.6. The van der Waals surface area contributed by atoms with E-state index < -0.39 is 30.9 Å². The van der Waals surface area contributed by atoms with Crippen molar-refractivity contribution in [2.45, 2.75) is 129 Å². The molecule has 0 radical (unpaired) electrons. The predicted molar refractivity (Wildman–Crippen MR) is 114 cm³/mol. The van der Waals surface area contributed by atoms with Crippen molar-refractivity contribution < 1.29 is 29.3 Å². The number of rotatable bonds is 20. The van der Waals surface area contributed by atoms with E-state index in [1.165, 1.54) is 77.0 Å². The number of unbranched alkanes of at least 4 members (excludes halogenated alkanes) is 14. The van der Waals surface area contributed by atoms with Crippen LogP contribution in [-0.4, -0.2) is 41.2 Å². The number of ether oxygens (including phenoxy) is 2. The molecule has 0 saturated carbocycles. The van der Waals surface area contributed by atoms with Crippen LogP contribution in [0.1, 0.15) is 117 Å². The quantitative estimate of drug-likeness (QED) is 0.164. The van der Waals surface area contributed by atoms with Gasteiger partial charge in [-0.05, 0) is 6.42 Å². The van der Waals surface area contributed by atoms with E-state index in [9.17, 15) is 14.7 Å². The van der Waals surface area contributed by atoms with Crippen molar-refractivity contribution >= 4 is 11.9 Å². The molecule has 0 aliphatic rings. The number of hydrogen-bond acceptors (Lipinski definition) is 6. The van der Waals surface area contributed by atoms with Crippen LogP contribution in [0.25, 0.3) is 0 Å². The van der Waals surface area contributed by atoms with Gasteiger partial charge in [0.05, 0.1) is 6.61 Å². The number of aliphatic hydroxyl groups is 2. The third-order valence-corrected chi connectivity index (χ3v) is 5.02. The Morgan fingerprint density at radius 3 is 1.52 bits per heavy atom. The normalized spacial score (nSPS) is 13.1. The van der Waals surface area contributed by atoms with Crippen molar-refractivity contribution in [1.29, 1.82) is 0 Å². The fourth-order valence-corrected chi connectivity index (χ4v) is 3.26. The minimum Gasteiger partial charge on any atom is -0.422 e. The number of aliphatic hydroxyl groups excluding tert-OH is 2. The Morgan fingerprint density at radius 1 is 0.724 bits per heavy atom. The highest BCUT2D eigenvalue weighted by atomic mass is 16.7. The van der Waals surface area contributed by atoms with Crippen molar-refractivity contribution in [3.8, 4) is 0 Å². The lowest BCUT2D eigenvalue weighted by Crippen LogP contribution is -2.37. The van der Waals surface area contributed by atoms with Crippen molar-refractivity contribution in [2.75, 3.05) is 6.61 Å². The van der Waals surface area contributed by atoms with Gasteiger partial charge in [0.25, 0.3) is 6.29 Å². The maximum Gasteiger partial charge on any atom is 0.308 e. The summed E-state index contributed by atoms with van der Waals surface area (Å²) in [5.74, 6) is -1.21. The average molecular weight is 417 g/mol. The average Bonchev–Trinajstić information content (AvgIpc) is 2.69. The van der Waals surface area contributed by atoms with Gasteiger partial charge in [0, 0.05) is 13.3 Å². The fraction of sp³-hybridized carbons (Fsp3) is 0.913. The highest BCUT2D eigenvalue weighted by Gasteiger charge is 2.25. The molecule has 2 atom stereocenters. The molecule has 0 aliphatic carbocycles. The maximum absolute atomic E-state index is 11.8. The van der Waals surface area contributed by atoms with Crippen LogP contribution in [0, 0.1) is 0 Å². The van der Waals surface area contributed by atoms with Crippen molar-refractivity contribution in [3.63, 3.8) is 0 Å². The molecule has 0 aliphatic heterocycles. The Kier molecular flexibility index (Phi) is 19.4. The number of carbonyl (C=O) groups is 2. The van der Waals surface area contributed by atoms with Crippen LogP contribution in [0.5, 0.6) is 0 Å². The molecular formula is C23H44O6. The number of hydrogen-bond donors (Lipinski definition) is 2. The van der Waals surface area contributed by atoms with Gasteiger partial charge in [-0.15, -0.1) is 0 Å². The van der Waals surface area contributed by atoms with Crippen LogP contribution in [0.15, 0.2) is 0 Å². The van der Waals surface area contributed by atoms with E-state index in [2.05, 4.69) is 6.92 Å². The van der Waals surface area contributed by atoms with E-state index in [-0.39, 0.29) is 6.42 Å². The van der Waals surface area contributed by atoms with Crippen LogP contribution < -0.4 is 0 Å². The summed E-state index contributed by atoms with van der Waals surface area (Å²) in [5, 5.41) is 18.4. The first-order chi connectivity index (χ1) is 14.0. The number of esters is 2. The van der Waals surface area contributed by atoms with E-state index in [1.807, 2.05) is 0 Å². The van der Waals surface area contributed by atoms with Gasteiger partial charge in [0.15, 0.2) is 6.10 Å². The highest BCUT2D eigenvalue weighted by Crippen LogP contribution is 2.14. The van der Waals surface area contributed by atoms with E-state index in [1.54, 1.807) is 0 Å². The monoisotopic (exact) mass is 416 g/mol. The Morgan fingerprint density at radius 2 is 1.14 bits per heavy atom. The van der Waals surface area contributed by atoms with Crippen LogP contribution in [0.4, 0.5) is 0 Å². The van der Waals surface area contributed by atoms with Crippen LogP contribution in [0.2, 0.25) is 0 Å². The zero-order valence-corrected chi connectivity index (χ0v) is 18.7. The van der Waals surface area contributed by atoms with Crippen molar-refractivity contribution in [3.05, 3.63) is 0 Å². The summed E-state index contributed by atoms with van der Waals surface area (Å²) >= 11 is 0. The SMILES string of the molecule is CCCCCCCCCCCCCCCCCC(=O)OC(OC(C)=O)C(O)CO. The van der Waals surface area contributed by atoms with Gasteiger partial charge in [0.2, 0.25) is 0 Å². The first-order valence-corrected chi connectivity index (χ1v) is 11.7. The lowest BCUT2D eigenvalue weighted by Gasteiger charge is -2.20. The summed E-state index contributed by atoms with van der Waals surface area (Å²) < 4.78 is 9.65. The van der Waals surface area contributed by atoms with Crippen LogP contribution in [-0.2, 0) is 19.1 Å². The molecule has 29 heavy (non-hydrogen) atoms. The van der Waals surface area contributed by atoms with Crippen LogP contribution >= 0.6 is 0 Å². The molecule has 0 saturated heterocycles. The second-order valence-electron chi connectivity index (χ2n) is 7.92. The largest absolute Gasteiger partial charge is 0.422 e. The highest BCUT2D eigenvalue weighted by molar-refractivity contribution is 5.70. The molecule has 0 fully saturated rings. The molecule has 0 spiro atoms. The minimum absolute atomic E-state index is 0.216. The van der Waals surface area contributed by atoms with E-state index in [0.717, 1.165) is 19.8 Å². The smallest absolute Gasteiger partial charge is 0.308 e. The maximum atomic E-state index is 11.8. The lowest BCUT2D eigenvalue weighted by atomic mass is 10.0. The van der Waals surface area contributed by atoms with E-state index >= 15 is 0 Å². The molecule has 0 aromatic rings.